The summed E-state index contributed by atoms with van der Waals surface area (Å²) in [7, 11) is 1.75. The molecule has 3 rings (SSSR count). The summed E-state index contributed by atoms with van der Waals surface area (Å²) in [5.74, 6) is 1.10. The van der Waals surface area contributed by atoms with Gasteiger partial charge in [0.1, 0.15) is 13.2 Å². The first-order chi connectivity index (χ1) is 12.5. The van der Waals surface area contributed by atoms with Gasteiger partial charge >= 0.3 is 0 Å². The van der Waals surface area contributed by atoms with Gasteiger partial charge in [0.25, 0.3) is 0 Å². The van der Waals surface area contributed by atoms with E-state index in [1.54, 1.807) is 30.1 Å². The van der Waals surface area contributed by atoms with Crippen molar-refractivity contribution in [3.63, 3.8) is 0 Å². The Morgan fingerprint density at radius 2 is 1.69 bits per heavy atom. The highest BCUT2D eigenvalue weighted by atomic mass is 79.9. The number of fused-ring (bicyclic) bond motifs is 1. The third-order valence-electron chi connectivity index (χ3n) is 4.19. The number of ketones is 1. The highest BCUT2D eigenvalue weighted by Crippen LogP contribution is 2.31. The van der Waals surface area contributed by atoms with E-state index in [1.807, 2.05) is 24.3 Å². The summed E-state index contributed by atoms with van der Waals surface area (Å²) in [6, 6.07) is 13.0. The molecule has 0 spiro atoms. The summed E-state index contributed by atoms with van der Waals surface area (Å²) < 4.78 is 11.9. The molecule has 6 heteroatoms. The minimum atomic E-state index is -0.0765. The summed E-state index contributed by atoms with van der Waals surface area (Å²) in [5.41, 5.74) is 1.58. The lowest BCUT2D eigenvalue weighted by atomic mass is 10.1. The molecule has 1 aliphatic rings. The molecule has 26 heavy (non-hydrogen) atoms. The van der Waals surface area contributed by atoms with Crippen LogP contribution in [-0.4, -0.2) is 36.9 Å². The van der Waals surface area contributed by atoms with Crippen LogP contribution in [0.2, 0.25) is 0 Å². The highest BCUT2D eigenvalue weighted by molar-refractivity contribution is 9.10. The first-order valence-electron chi connectivity index (χ1n) is 8.44. The predicted molar refractivity (Wildman–Crippen MR) is 102 cm³/mol. The molecule has 2 aromatic carbocycles. The summed E-state index contributed by atoms with van der Waals surface area (Å²) in [6.07, 6.45) is 0.351. The third kappa shape index (κ3) is 4.64. The zero-order valence-electron chi connectivity index (χ0n) is 14.5. The van der Waals surface area contributed by atoms with Crippen LogP contribution in [-0.2, 0) is 11.3 Å². The first-order valence-corrected chi connectivity index (χ1v) is 9.23. The summed E-state index contributed by atoms with van der Waals surface area (Å²) >= 11 is 3.39. The number of halogens is 1. The number of nitrogens with zero attached hydrogens (tertiary/aromatic N) is 1. The fourth-order valence-electron chi connectivity index (χ4n) is 2.72. The van der Waals surface area contributed by atoms with Crippen LogP contribution in [0.3, 0.4) is 0 Å². The molecule has 0 saturated heterocycles. The average Bonchev–Trinajstić information content (AvgIpc) is 2.67. The molecule has 136 valence electrons. The maximum Gasteiger partial charge on any atom is 0.223 e. The average molecular weight is 418 g/mol. The van der Waals surface area contributed by atoms with Gasteiger partial charge in [-0.25, -0.2) is 0 Å². The molecule has 0 saturated carbocycles. The number of hydrogen-bond donors (Lipinski definition) is 0. The van der Waals surface area contributed by atoms with E-state index in [-0.39, 0.29) is 24.5 Å². The minimum Gasteiger partial charge on any atom is -0.486 e. The molecule has 0 N–H and O–H groups in total. The zero-order valence-corrected chi connectivity index (χ0v) is 16.1. The summed E-state index contributed by atoms with van der Waals surface area (Å²) in [5, 5.41) is 0. The molecule has 0 bridgehead atoms. The monoisotopic (exact) mass is 417 g/mol. The molecule has 0 fully saturated rings. The van der Waals surface area contributed by atoms with Gasteiger partial charge in [0.05, 0.1) is 0 Å². The number of carbonyl (C=O) groups is 2. The van der Waals surface area contributed by atoms with Crippen LogP contribution in [0, 0.1) is 0 Å². The Morgan fingerprint density at radius 1 is 1.00 bits per heavy atom. The maximum atomic E-state index is 12.4. The lowest BCUT2D eigenvalue weighted by molar-refractivity contribution is -0.130. The van der Waals surface area contributed by atoms with Crippen molar-refractivity contribution < 1.29 is 19.1 Å². The number of ether oxygens (including phenoxy) is 2. The molecule has 0 aromatic heterocycles. The molecule has 1 aliphatic heterocycles. The lowest BCUT2D eigenvalue weighted by Gasteiger charge is -2.19. The Hall–Kier alpha value is -2.34. The zero-order chi connectivity index (χ0) is 18.5. The van der Waals surface area contributed by atoms with Gasteiger partial charge in [-0.2, -0.15) is 0 Å². The second-order valence-corrected chi connectivity index (χ2v) is 7.07. The van der Waals surface area contributed by atoms with Crippen LogP contribution in [0.25, 0.3) is 0 Å². The molecule has 0 aliphatic carbocycles. The van der Waals surface area contributed by atoms with Gasteiger partial charge in [-0.1, -0.05) is 28.1 Å². The number of hydrogen-bond acceptors (Lipinski definition) is 4. The fraction of sp³-hybridized carbons (Fsp3) is 0.300. The van der Waals surface area contributed by atoms with Crippen molar-refractivity contribution >= 4 is 27.6 Å². The molecule has 1 heterocycles. The van der Waals surface area contributed by atoms with E-state index in [0.717, 1.165) is 10.0 Å². The number of amides is 1. The Morgan fingerprint density at radius 3 is 2.42 bits per heavy atom. The molecular weight excluding hydrogens is 398 g/mol. The molecule has 0 radical (unpaired) electrons. The van der Waals surface area contributed by atoms with Gasteiger partial charge in [-0.05, 0) is 35.9 Å². The van der Waals surface area contributed by atoms with Gasteiger partial charge in [0.2, 0.25) is 5.91 Å². The first kappa shape index (κ1) is 18.5. The second kappa shape index (κ2) is 8.36. The number of rotatable bonds is 6. The molecule has 2 aromatic rings. The van der Waals surface area contributed by atoms with Crippen LogP contribution in [0.5, 0.6) is 11.5 Å². The van der Waals surface area contributed by atoms with Gasteiger partial charge in [-0.15, -0.1) is 0 Å². The minimum absolute atomic E-state index is 0.0567. The normalized spacial score (nSPS) is 12.5. The van der Waals surface area contributed by atoms with E-state index < -0.39 is 0 Å². The van der Waals surface area contributed by atoms with E-state index in [2.05, 4.69) is 15.9 Å². The van der Waals surface area contributed by atoms with Crippen molar-refractivity contribution in [3.05, 3.63) is 58.1 Å². The molecule has 1 amide bonds. The standard InChI is InChI=1S/C20H20BrNO4/c1-22(13-14-2-5-16(21)6-3-14)20(24)9-7-17(23)15-4-8-18-19(12-15)26-11-10-25-18/h2-6,8,12H,7,9-11,13H2,1H3. The highest BCUT2D eigenvalue weighted by Gasteiger charge is 2.17. The smallest absolute Gasteiger partial charge is 0.223 e. The SMILES string of the molecule is CN(Cc1ccc(Br)cc1)C(=O)CCC(=O)c1ccc2c(c1)OCCO2. The summed E-state index contributed by atoms with van der Waals surface area (Å²) in [6.45, 7) is 1.51. The van der Waals surface area contributed by atoms with Crippen LogP contribution in [0.15, 0.2) is 46.9 Å². The molecular formula is C20H20BrNO4. The van der Waals surface area contributed by atoms with Crippen molar-refractivity contribution in [2.24, 2.45) is 0 Å². The van der Waals surface area contributed by atoms with E-state index in [4.69, 9.17) is 9.47 Å². The fourth-order valence-corrected chi connectivity index (χ4v) is 2.99. The van der Waals surface area contributed by atoms with E-state index in [9.17, 15) is 9.59 Å². The second-order valence-electron chi connectivity index (χ2n) is 6.16. The molecule has 0 unspecified atom stereocenters. The van der Waals surface area contributed by atoms with Crippen molar-refractivity contribution in [1.29, 1.82) is 0 Å². The van der Waals surface area contributed by atoms with Gasteiger partial charge < -0.3 is 14.4 Å². The quantitative estimate of drug-likeness (QED) is 0.669. The number of carbonyl (C=O) groups excluding carboxylic acids is 2. The van der Waals surface area contributed by atoms with E-state index >= 15 is 0 Å². The van der Waals surface area contributed by atoms with Crippen molar-refractivity contribution in [1.82, 2.24) is 4.90 Å². The van der Waals surface area contributed by atoms with Crippen LogP contribution >= 0.6 is 15.9 Å². The Bertz CT molecular complexity index is 804. The van der Waals surface area contributed by atoms with E-state index in [0.29, 0.717) is 36.8 Å². The largest absolute Gasteiger partial charge is 0.486 e. The topological polar surface area (TPSA) is 55.8 Å². The van der Waals surface area contributed by atoms with Crippen molar-refractivity contribution in [3.8, 4) is 11.5 Å². The molecule has 0 atom stereocenters. The predicted octanol–water partition coefficient (Wildman–Crippen LogP) is 3.84. The van der Waals surface area contributed by atoms with Crippen LogP contribution < -0.4 is 9.47 Å². The van der Waals surface area contributed by atoms with Crippen molar-refractivity contribution in [2.45, 2.75) is 19.4 Å². The Labute approximate surface area is 161 Å². The van der Waals surface area contributed by atoms with E-state index in [1.165, 1.54) is 0 Å². The van der Waals surface area contributed by atoms with Crippen LogP contribution in [0.1, 0.15) is 28.8 Å². The number of Topliss-reactive ketones (excluding diaryl/α,β-unsaturated/α-hetero) is 1. The lowest BCUT2D eigenvalue weighted by Crippen LogP contribution is -2.26. The van der Waals surface area contributed by atoms with Gasteiger partial charge in [0.15, 0.2) is 17.3 Å². The van der Waals surface area contributed by atoms with Crippen LogP contribution in [0.4, 0.5) is 0 Å². The van der Waals surface area contributed by atoms with Gasteiger partial charge in [0, 0.05) is 36.5 Å². The third-order valence-corrected chi connectivity index (χ3v) is 4.72. The Balaban J connectivity index is 1.53. The summed E-state index contributed by atoms with van der Waals surface area (Å²) in [4.78, 5) is 26.3. The van der Waals surface area contributed by atoms with Crippen molar-refractivity contribution in [2.75, 3.05) is 20.3 Å². The Kier molecular flexibility index (Phi) is 5.93. The maximum absolute atomic E-state index is 12.4. The van der Waals surface area contributed by atoms with Gasteiger partial charge in [-0.3, -0.25) is 9.59 Å². The molecule has 5 nitrogen and oxygen atoms in total. The number of benzene rings is 2.